The number of amides is 1. The zero-order chi connectivity index (χ0) is 21.4. The molecule has 30 heavy (non-hydrogen) atoms. The van der Waals surface area contributed by atoms with Gasteiger partial charge in [0.25, 0.3) is 0 Å². The molecule has 2 aromatic carbocycles. The Hall–Kier alpha value is -3.15. The smallest absolute Gasteiger partial charge is 0.228 e. The van der Waals surface area contributed by atoms with Crippen LogP contribution in [0.2, 0.25) is 0 Å². The van der Waals surface area contributed by atoms with Gasteiger partial charge in [-0.25, -0.2) is 0 Å². The van der Waals surface area contributed by atoms with Crippen molar-refractivity contribution in [2.75, 3.05) is 37.4 Å². The summed E-state index contributed by atoms with van der Waals surface area (Å²) >= 11 is 0. The normalized spacial score (nSPS) is 15.0. The molecule has 0 unspecified atom stereocenters. The van der Waals surface area contributed by atoms with Gasteiger partial charge in [0.15, 0.2) is 5.82 Å². The fourth-order valence-electron chi connectivity index (χ4n) is 4.10. The van der Waals surface area contributed by atoms with E-state index in [1.165, 1.54) is 16.7 Å². The van der Waals surface area contributed by atoms with Crippen LogP contribution < -0.4 is 10.2 Å². The molecule has 1 aliphatic heterocycles. The van der Waals surface area contributed by atoms with Gasteiger partial charge in [0.2, 0.25) is 5.91 Å². The average Bonchev–Trinajstić information content (AvgIpc) is 2.69. The van der Waals surface area contributed by atoms with Crippen LogP contribution in [-0.2, 0) is 4.79 Å². The predicted octanol–water partition coefficient (Wildman–Crippen LogP) is 3.94. The van der Waals surface area contributed by atoms with Gasteiger partial charge in [-0.3, -0.25) is 4.79 Å². The molecule has 1 aliphatic rings. The van der Waals surface area contributed by atoms with Gasteiger partial charge in [-0.05, 0) is 49.6 Å². The Morgan fingerprint density at radius 2 is 1.97 bits per heavy atom. The topological polar surface area (TPSA) is 61.4 Å². The number of fused-ring (bicyclic) bond motifs is 1. The monoisotopic (exact) mass is 403 g/mol. The van der Waals surface area contributed by atoms with Gasteiger partial charge in [0.05, 0.1) is 18.2 Å². The average molecular weight is 404 g/mol. The van der Waals surface area contributed by atoms with Crippen LogP contribution >= 0.6 is 0 Å². The molecule has 2 heterocycles. The fourth-order valence-corrected chi connectivity index (χ4v) is 4.10. The number of hydrogen-bond donors (Lipinski definition) is 1. The van der Waals surface area contributed by atoms with E-state index in [4.69, 9.17) is 0 Å². The summed E-state index contributed by atoms with van der Waals surface area (Å²) in [5.41, 5.74) is 4.95. The minimum Gasteiger partial charge on any atom is -0.370 e. The standard InChI is InChI=1S/C24H29N5O/c1-15-7-6-8-21(16(15)2)17(3)26-23-22-11-20(10-9-18(22)12-25-27-23)29-13-19(14-29)24(30)28(4)5/h6-12,17,19H,13-14H2,1-5H3,(H,26,27)/t17-/m1/s1. The van der Waals surface area contributed by atoms with Gasteiger partial charge in [-0.1, -0.05) is 24.3 Å². The van der Waals surface area contributed by atoms with Crippen molar-refractivity contribution in [3.63, 3.8) is 0 Å². The Bertz CT molecular complexity index is 1090. The molecule has 1 saturated heterocycles. The number of aryl methyl sites for hydroxylation is 1. The predicted molar refractivity (Wildman–Crippen MR) is 122 cm³/mol. The van der Waals surface area contributed by atoms with Gasteiger partial charge < -0.3 is 15.1 Å². The third-order valence-electron chi connectivity index (χ3n) is 6.15. The molecule has 1 amide bonds. The molecule has 0 radical (unpaired) electrons. The summed E-state index contributed by atoms with van der Waals surface area (Å²) in [4.78, 5) is 16.1. The first-order chi connectivity index (χ1) is 14.3. The second-order valence-electron chi connectivity index (χ2n) is 8.45. The number of aromatic nitrogens is 2. The van der Waals surface area contributed by atoms with Crippen molar-refractivity contribution in [3.05, 3.63) is 59.3 Å². The summed E-state index contributed by atoms with van der Waals surface area (Å²) in [6.07, 6.45) is 1.79. The highest BCUT2D eigenvalue weighted by Gasteiger charge is 2.33. The quantitative estimate of drug-likeness (QED) is 0.699. The maximum absolute atomic E-state index is 12.1. The summed E-state index contributed by atoms with van der Waals surface area (Å²) in [5, 5.41) is 14.2. The summed E-state index contributed by atoms with van der Waals surface area (Å²) in [7, 11) is 3.63. The third-order valence-corrected chi connectivity index (χ3v) is 6.15. The molecule has 1 fully saturated rings. The maximum Gasteiger partial charge on any atom is 0.228 e. The lowest BCUT2D eigenvalue weighted by Gasteiger charge is -2.41. The molecule has 6 heteroatoms. The van der Waals surface area contributed by atoms with Crippen molar-refractivity contribution in [2.24, 2.45) is 5.92 Å². The fraction of sp³-hybridized carbons (Fsp3) is 0.375. The second kappa shape index (κ2) is 7.94. The van der Waals surface area contributed by atoms with Gasteiger partial charge in [0.1, 0.15) is 0 Å². The Morgan fingerprint density at radius 1 is 1.20 bits per heavy atom. The lowest BCUT2D eigenvalue weighted by Crippen LogP contribution is -2.53. The van der Waals surface area contributed by atoms with Gasteiger partial charge >= 0.3 is 0 Å². The van der Waals surface area contributed by atoms with Crippen LogP contribution in [0, 0.1) is 19.8 Å². The van der Waals surface area contributed by atoms with Gasteiger partial charge in [0, 0.05) is 43.6 Å². The molecule has 156 valence electrons. The first kappa shape index (κ1) is 20.1. The van der Waals surface area contributed by atoms with E-state index in [-0.39, 0.29) is 17.9 Å². The minimum absolute atomic E-state index is 0.0770. The first-order valence-corrected chi connectivity index (χ1v) is 10.4. The van der Waals surface area contributed by atoms with Crippen LogP contribution in [0.5, 0.6) is 0 Å². The third kappa shape index (κ3) is 3.70. The molecule has 6 nitrogen and oxygen atoms in total. The number of benzene rings is 2. The number of nitrogens with one attached hydrogen (secondary N) is 1. The van der Waals surface area contributed by atoms with Gasteiger partial charge in [-0.15, -0.1) is 5.10 Å². The van der Waals surface area contributed by atoms with Crippen molar-refractivity contribution in [2.45, 2.75) is 26.8 Å². The van der Waals surface area contributed by atoms with E-state index >= 15 is 0 Å². The largest absolute Gasteiger partial charge is 0.370 e. The Balaban J connectivity index is 1.58. The van der Waals surface area contributed by atoms with E-state index in [2.05, 4.69) is 77.6 Å². The first-order valence-electron chi connectivity index (χ1n) is 10.4. The summed E-state index contributed by atoms with van der Waals surface area (Å²) in [6.45, 7) is 7.95. The van der Waals surface area contributed by atoms with Crippen LogP contribution in [0.1, 0.15) is 29.7 Å². The van der Waals surface area contributed by atoms with E-state index < -0.39 is 0 Å². The Kier molecular flexibility index (Phi) is 5.33. The Morgan fingerprint density at radius 3 is 2.70 bits per heavy atom. The van der Waals surface area contributed by atoms with Crippen LogP contribution in [-0.4, -0.2) is 48.2 Å². The molecule has 1 N–H and O–H groups in total. The zero-order valence-electron chi connectivity index (χ0n) is 18.3. The molecular formula is C24H29N5O. The highest BCUT2D eigenvalue weighted by atomic mass is 16.2. The summed E-state index contributed by atoms with van der Waals surface area (Å²) in [6, 6.07) is 12.8. The minimum atomic E-state index is 0.0770. The molecule has 0 bridgehead atoms. The number of nitrogens with zero attached hydrogens (tertiary/aromatic N) is 4. The van der Waals surface area contributed by atoms with E-state index in [0.717, 1.165) is 35.4 Å². The molecule has 4 rings (SSSR count). The van der Waals surface area contributed by atoms with Crippen molar-refractivity contribution in [1.82, 2.24) is 15.1 Å². The summed E-state index contributed by atoms with van der Waals surface area (Å²) in [5.74, 6) is 1.06. The molecule has 0 spiro atoms. The molecule has 3 aromatic rings. The maximum atomic E-state index is 12.1. The van der Waals surface area contributed by atoms with E-state index in [1.807, 2.05) is 14.1 Å². The number of rotatable bonds is 5. The second-order valence-corrected chi connectivity index (χ2v) is 8.45. The molecule has 1 aromatic heterocycles. The summed E-state index contributed by atoms with van der Waals surface area (Å²) < 4.78 is 0. The molecular weight excluding hydrogens is 374 g/mol. The van der Waals surface area contributed by atoms with Crippen LogP contribution in [0.4, 0.5) is 11.5 Å². The number of anilines is 2. The lowest BCUT2D eigenvalue weighted by atomic mass is 9.97. The van der Waals surface area contributed by atoms with Crippen molar-refractivity contribution >= 4 is 28.2 Å². The van der Waals surface area contributed by atoms with Crippen LogP contribution in [0.25, 0.3) is 10.8 Å². The number of carbonyl (C=O) groups excluding carboxylic acids is 1. The number of hydrogen-bond acceptors (Lipinski definition) is 5. The number of carbonyl (C=O) groups is 1. The van der Waals surface area contributed by atoms with Crippen LogP contribution in [0.3, 0.4) is 0 Å². The zero-order valence-corrected chi connectivity index (χ0v) is 18.3. The molecule has 1 atom stereocenters. The Labute approximate surface area is 177 Å². The molecule has 0 saturated carbocycles. The SMILES string of the molecule is Cc1cccc([C@@H](C)Nc2nncc3ccc(N4CC(C(=O)N(C)C)C4)cc23)c1C. The van der Waals surface area contributed by atoms with E-state index in [9.17, 15) is 4.79 Å². The van der Waals surface area contributed by atoms with Crippen LogP contribution in [0.15, 0.2) is 42.6 Å². The van der Waals surface area contributed by atoms with Crippen molar-refractivity contribution in [3.8, 4) is 0 Å². The highest BCUT2D eigenvalue weighted by Crippen LogP contribution is 2.32. The van der Waals surface area contributed by atoms with Crippen molar-refractivity contribution in [1.29, 1.82) is 0 Å². The lowest BCUT2D eigenvalue weighted by molar-refractivity contribution is -0.133. The molecule has 0 aliphatic carbocycles. The highest BCUT2D eigenvalue weighted by molar-refractivity contribution is 5.94. The van der Waals surface area contributed by atoms with Crippen molar-refractivity contribution < 1.29 is 4.79 Å². The van der Waals surface area contributed by atoms with Gasteiger partial charge in [-0.2, -0.15) is 5.10 Å². The van der Waals surface area contributed by atoms with E-state index in [1.54, 1.807) is 11.1 Å². The van der Waals surface area contributed by atoms with E-state index in [0.29, 0.717) is 0 Å².